The van der Waals surface area contributed by atoms with E-state index in [9.17, 15) is 9.59 Å². The summed E-state index contributed by atoms with van der Waals surface area (Å²) in [7, 11) is 1.41. The van der Waals surface area contributed by atoms with Crippen LogP contribution >= 0.6 is 0 Å². The molecule has 1 atom stereocenters. The van der Waals surface area contributed by atoms with Gasteiger partial charge >= 0.3 is 12.1 Å². The molecule has 2 aromatic heterocycles. The number of hydrogen-bond donors (Lipinski definition) is 0. The van der Waals surface area contributed by atoms with E-state index in [2.05, 4.69) is 27.4 Å². The van der Waals surface area contributed by atoms with Crippen LogP contribution in [-0.2, 0) is 9.47 Å². The lowest BCUT2D eigenvalue weighted by Gasteiger charge is -2.36. The minimum absolute atomic E-state index is 0.0249. The van der Waals surface area contributed by atoms with Gasteiger partial charge in [0.25, 0.3) is 0 Å². The first-order chi connectivity index (χ1) is 16.6. The molecule has 3 heterocycles. The van der Waals surface area contributed by atoms with E-state index in [4.69, 9.17) is 9.47 Å². The van der Waals surface area contributed by atoms with Crippen LogP contribution < -0.4 is 4.90 Å². The number of amides is 1. The number of carbonyl (C=O) groups is 2. The van der Waals surface area contributed by atoms with Gasteiger partial charge in [0, 0.05) is 49.0 Å². The zero-order valence-corrected chi connectivity index (χ0v) is 21.4. The maximum atomic E-state index is 12.5. The van der Waals surface area contributed by atoms with Crippen LogP contribution in [0.4, 0.5) is 10.6 Å². The Morgan fingerprint density at radius 2 is 1.74 bits per heavy atom. The van der Waals surface area contributed by atoms with E-state index < -0.39 is 5.60 Å². The average Bonchev–Trinajstić information content (AvgIpc) is 3.14. The van der Waals surface area contributed by atoms with Crippen molar-refractivity contribution in [2.45, 2.75) is 46.3 Å². The fourth-order valence-electron chi connectivity index (χ4n) is 4.71. The summed E-state index contributed by atoms with van der Waals surface area (Å²) in [5.41, 5.74) is 3.04. The second-order valence-electron chi connectivity index (χ2n) is 9.92. The van der Waals surface area contributed by atoms with Crippen LogP contribution in [0.5, 0.6) is 0 Å². The van der Waals surface area contributed by atoms with Crippen LogP contribution in [0.3, 0.4) is 0 Å². The first-order valence-corrected chi connectivity index (χ1v) is 12.0. The standard InChI is InChI=1S/C27H34N4O4/c1-18(31-19(2)24(25(32)34-6)21-9-7-8-10-22(21)31)20-11-12-28-23(17-20)29-13-15-30(16-14-29)26(33)35-27(3,4)5/h7-12,17-18H,13-16H2,1-6H3. The minimum atomic E-state index is -0.505. The number of fused-ring (bicyclic) bond motifs is 1. The van der Waals surface area contributed by atoms with Crippen molar-refractivity contribution < 1.29 is 19.1 Å². The number of carbonyl (C=O) groups excluding carboxylic acids is 2. The summed E-state index contributed by atoms with van der Waals surface area (Å²) < 4.78 is 12.8. The van der Waals surface area contributed by atoms with Gasteiger partial charge in [-0.3, -0.25) is 0 Å². The second-order valence-corrected chi connectivity index (χ2v) is 9.92. The summed E-state index contributed by atoms with van der Waals surface area (Å²) >= 11 is 0. The van der Waals surface area contributed by atoms with Crippen LogP contribution in [0.25, 0.3) is 10.9 Å². The minimum Gasteiger partial charge on any atom is -0.465 e. The molecule has 1 aliphatic rings. The number of esters is 1. The molecule has 1 aliphatic heterocycles. The van der Waals surface area contributed by atoms with Crippen molar-refractivity contribution >= 4 is 28.8 Å². The zero-order valence-electron chi connectivity index (χ0n) is 21.4. The summed E-state index contributed by atoms with van der Waals surface area (Å²) in [4.78, 5) is 33.5. The van der Waals surface area contributed by atoms with Crippen molar-refractivity contribution in [3.63, 3.8) is 0 Å². The lowest BCUT2D eigenvalue weighted by Crippen LogP contribution is -2.50. The average molecular weight is 479 g/mol. The molecule has 0 aliphatic carbocycles. The van der Waals surface area contributed by atoms with Gasteiger partial charge in [-0.05, 0) is 58.4 Å². The third-order valence-corrected chi connectivity index (χ3v) is 6.44. The Hall–Kier alpha value is -3.55. The molecule has 0 N–H and O–H groups in total. The Bertz CT molecular complexity index is 1240. The number of nitrogens with zero attached hydrogens (tertiary/aromatic N) is 4. The van der Waals surface area contributed by atoms with Crippen molar-refractivity contribution in [1.82, 2.24) is 14.5 Å². The van der Waals surface area contributed by atoms with Gasteiger partial charge in [-0.25, -0.2) is 14.6 Å². The Balaban J connectivity index is 1.57. The number of rotatable bonds is 4. The Morgan fingerprint density at radius 3 is 2.40 bits per heavy atom. The number of ether oxygens (including phenoxy) is 2. The first kappa shape index (κ1) is 24.6. The van der Waals surface area contributed by atoms with E-state index in [1.807, 2.05) is 64.2 Å². The molecule has 8 heteroatoms. The van der Waals surface area contributed by atoms with E-state index in [0.29, 0.717) is 31.7 Å². The third kappa shape index (κ3) is 4.97. The molecule has 1 saturated heterocycles. The highest BCUT2D eigenvalue weighted by atomic mass is 16.6. The predicted molar refractivity (Wildman–Crippen MR) is 136 cm³/mol. The molecule has 0 radical (unpaired) electrons. The SMILES string of the molecule is COC(=O)c1c(C)n(C(C)c2ccnc(N3CCN(C(=O)OC(C)(C)C)CC3)c2)c2ccccc12. The van der Waals surface area contributed by atoms with E-state index in [-0.39, 0.29) is 18.1 Å². The normalized spacial score (nSPS) is 15.3. The molecule has 0 bridgehead atoms. The molecular formula is C27H34N4O4. The molecule has 1 fully saturated rings. The van der Waals surface area contributed by atoms with Crippen molar-refractivity contribution in [2.24, 2.45) is 0 Å². The highest BCUT2D eigenvalue weighted by molar-refractivity contribution is 6.06. The Kier molecular flexibility index (Phi) is 6.74. The number of hydrogen-bond acceptors (Lipinski definition) is 6. The molecule has 4 rings (SSSR count). The molecule has 1 unspecified atom stereocenters. The molecule has 186 valence electrons. The lowest BCUT2D eigenvalue weighted by molar-refractivity contribution is 0.0240. The number of benzene rings is 1. The smallest absolute Gasteiger partial charge is 0.410 e. The van der Waals surface area contributed by atoms with Gasteiger partial charge < -0.3 is 23.8 Å². The quantitative estimate of drug-likeness (QED) is 0.502. The zero-order chi connectivity index (χ0) is 25.3. The molecular weight excluding hydrogens is 444 g/mol. The maximum Gasteiger partial charge on any atom is 0.410 e. The highest BCUT2D eigenvalue weighted by Crippen LogP contribution is 2.33. The molecule has 1 amide bonds. The Morgan fingerprint density at radius 1 is 1.06 bits per heavy atom. The van der Waals surface area contributed by atoms with E-state index in [1.54, 1.807) is 4.90 Å². The van der Waals surface area contributed by atoms with Gasteiger partial charge in [-0.15, -0.1) is 0 Å². The number of aromatic nitrogens is 2. The van der Waals surface area contributed by atoms with E-state index >= 15 is 0 Å². The van der Waals surface area contributed by atoms with Crippen LogP contribution in [-0.4, -0.2) is 65.4 Å². The van der Waals surface area contributed by atoms with Gasteiger partial charge in [-0.2, -0.15) is 0 Å². The van der Waals surface area contributed by atoms with Crippen LogP contribution in [0.15, 0.2) is 42.6 Å². The van der Waals surface area contributed by atoms with Crippen molar-refractivity contribution in [1.29, 1.82) is 0 Å². The number of pyridine rings is 1. The number of methoxy groups -OCH3 is 1. The van der Waals surface area contributed by atoms with Crippen LogP contribution in [0.1, 0.15) is 55.4 Å². The number of anilines is 1. The topological polar surface area (TPSA) is 76.9 Å². The van der Waals surface area contributed by atoms with Crippen molar-refractivity contribution in [2.75, 3.05) is 38.2 Å². The summed E-state index contributed by atoms with van der Waals surface area (Å²) in [5.74, 6) is 0.545. The monoisotopic (exact) mass is 478 g/mol. The molecule has 0 saturated carbocycles. The lowest BCUT2D eigenvalue weighted by atomic mass is 10.1. The second kappa shape index (κ2) is 9.60. The number of para-hydroxylation sites is 1. The van der Waals surface area contributed by atoms with Crippen LogP contribution in [0.2, 0.25) is 0 Å². The summed E-state index contributed by atoms with van der Waals surface area (Å²) in [6.07, 6.45) is 1.55. The highest BCUT2D eigenvalue weighted by Gasteiger charge is 2.27. The van der Waals surface area contributed by atoms with E-state index in [0.717, 1.165) is 28.0 Å². The molecule has 35 heavy (non-hydrogen) atoms. The van der Waals surface area contributed by atoms with Gasteiger partial charge in [0.2, 0.25) is 0 Å². The molecule has 8 nitrogen and oxygen atoms in total. The van der Waals surface area contributed by atoms with Crippen LogP contribution in [0, 0.1) is 6.92 Å². The van der Waals surface area contributed by atoms with Gasteiger partial charge in [0.15, 0.2) is 0 Å². The van der Waals surface area contributed by atoms with Gasteiger partial charge in [0.1, 0.15) is 11.4 Å². The summed E-state index contributed by atoms with van der Waals surface area (Å²) in [6.45, 7) is 12.2. The van der Waals surface area contributed by atoms with Crippen molar-refractivity contribution in [3.8, 4) is 0 Å². The molecule has 0 spiro atoms. The van der Waals surface area contributed by atoms with E-state index in [1.165, 1.54) is 7.11 Å². The van der Waals surface area contributed by atoms with Gasteiger partial charge in [-0.1, -0.05) is 18.2 Å². The number of piperazine rings is 1. The summed E-state index contributed by atoms with van der Waals surface area (Å²) in [6, 6.07) is 12.0. The largest absolute Gasteiger partial charge is 0.465 e. The molecule has 3 aromatic rings. The van der Waals surface area contributed by atoms with Crippen molar-refractivity contribution in [3.05, 3.63) is 59.4 Å². The first-order valence-electron chi connectivity index (χ1n) is 12.0. The summed E-state index contributed by atoms with van der Waals surface area (Å²) in [5, 5.41) is 0.885. The third-order valence-electron chi connectivity index (χ3n) is 6.44. The van der Waals surface area contributed by atoms with Gasteiger partial charge in [0.05, 0.1) is 18.7 Å². The predicted octanol–water partition coefficient (Wildman–Crippen LogP) is 4.80. The fourth-order valence-corrected chi connectivity index (χ4v) is 4.71. The fraction of sp³-hybridized carbons (Fsp3) is 0.444. The molecule has 1 aromatic carbocycles. The Labute approximate surface area is 206 Å². The maximum absolute atomic E-state index is 12.5.